The van der Waals surface area contributed by atoms with Crippen LogP contribution in [0.25, 0.3) is 0 Å². The zero-order valence-corrected chi connectivity index (χ0v) is 11.9. The summed E-state index contributed by atoms with van der Waals surface area (Å²) in [5, 5.41) is 0. The van der Waals surface area contributed by atoms with Gasteiger partial charge in [-0.15, -0.1) is 0 Å². The van der Waals surface area contributed by atoms with Gasteiger partial charge >= 0.3 is 0 Å². The normalized spacial score (nSPS) is 19.8. The van der Waals surface area contributed by atoms with Crippen LogP contribution in [0.4, 0.5) is 26.3 Å². The number of rotatable bonds is 11. The van der Waals surface area contributed by atoms with Gasteiger partial charge in [-0.2, -0.15) is 8.42 Å². The predicted molar refractivity (Wildman–Crippen MR) is 65.3 cm³/mol. The van der Waals surface area contributed by atoms with Crippen molar-refractivity contribution in [3.05, 3.63) is 0 Å². The Morgan fingerprint density at radius 1 is 0.810 bits per heavy atom. The maximum Gasteiger partial charge on any atom is 0.267 e. The van der Waals surface area contributed by atoms with Gasteiger partial charge in [-0.25, -0.2) is 22.0 Å². The lowest BCUT2D eigenvalue weighted by Gasteiger charge is -2.22. The van der Waals surface area contributed by atoms with Crippen molar-refractivity contribution in [3.8, 4) is 0 Å². The zero-order valence-electron chi connectivity index (χ0n) is 11.1. The molecule has 0 fully saturated rings. The summed E-state index contributed by atoms with van der Waals surface area (Å²) in [5.41, 5.74) is 0. The van der Waals surface area contributed by atoms with Crippen molar-refractivity contribution in [3.63, 3.8) is 0 Å². The van der Waals surface area contributed by atoms with Crippen LogP contribution < -0.4 is 0 Å². The van der Waals surface area contributed by atoms with Crippen LogP contribution in [-0.2, 0) is 10.1 Å². The highest BCUT2D eigenvalue weighted by atomic mass is 32.2. The highest BCUT2D eigenvalue weighted by molar-refractivity contribution is 7.85. The van der Waals surface area contributed by atoms with Crippen LogP contribution in [0.3, 0.4) is 0 Å². The van der Waals surface area contributed by atoms with Crippen molar-refractivity contribution in [1.29, 1.82) is 0 Å². The Hall–Kier alpha value is -0.510. The Bertz CT molecular complexity index is 380. The third-order valence-electron chi connectivity index (χ3n) is 2.78. The van der Waals surface area contributed by atoms with Crippen LogP contribution in [0.1, 0.15) is 25.7 Å². The Balaban J connectivity index is 4.36. The topological polar surface area (TPSA) is 54.4 Å². The van der Waals surface area contributed by atoms with E-state index in [9.17, 15) is 34.8 Å². The molecule has 0 saturated heterocycles. The van der Waals surface area contributed by atoms with Crippen LogP contribution in [0, 0.1) is 0 Å². The smallest absolute Gasteiger partial charge is 0.267 e. The molecule has 0 aliphatic heterocycles. The molecule has 21 heavy (non-hydrogen) atoms. The molecule has 0 rings (SSSR count). The molecule has 0 spiro atoms. The summed E-state index contributed by atoms with van der Waals surface area (Å²) in [5.74, 6) is -1.74. The molecule has 0 aromatic heterocycles. The Kier molecular flexibility index (Phi) is 9.26. The van der Waals surface area contributed by atoms with E-state index in [0.717, 1.165) is 0 Å². The first kappa shape index (κ1) is 20.5. The molecular weight excluding hydrogens is 326 g/mol. The summed E-state index contributed by atoms with van der Waals surface area (Å²) in [6.07, 6.45) is -14.8. The van der Waals surface area contributed by atoms with Crippen LogP contribution in [0.2, 0.25) is 0 Å². The third kappa shape index (κ3) is 8.50. The summed E-state index contributed by atoms with van der Waals surface area (Å²) in [7, 11) is -4.90. The lowest BCUT2D eigenvalue weighted by atomic mass is 10.0. The lowest BCUT2D eigenvalue weighted by Crippen LogP contribution is -2.41. The number of unbranched alkanes of at least 4 members (excludes halogenated alkanes) is 2. The largest absolute Gasteiger partial charge is 0.285 e. The fourth-order valence-electron chi connectivity index (χ4n) is 1.64. The van der Waals surface area contributed by atoms with E-state index in [4.69, 9.17) is 4.55 Å². The van der Waals surface area contributed by atoms with E-state index in [0.29, 0.717) is 0 Å². The average Bonchev–Trinajstić information content (AvgIpc) is 2.38. The lowest BCUT2D eigenvalue weighted by molar-refractivity contribution is 0.00346. The predicted octanol–water partition coefficient (Wildman–Crippen LogP) is 3.09. The van der Waals surface area contributed by atoms with E-state index in [1.165, 1.54) is 0 Å². The molecule has 0 aliphatic rings. The molecule has 0 aromatic rings. The van der Waals surface area contributed by atoms with Gasteiger partial charge in [-0.3, -0.25) is 8.94 Å². The van der Waals surface area contributed by atoms with E-state index in [1.54, 1.807) is 0 Å². The number of halogens is 6. The first-order valence-corrected chi connectivity index (χ1v) is 7.92. The minimum absolute atomic E-state index is 0.0548. The second-order valence-corrected chi connectivity index (χ2v) is 6.15. The first-order chi connectivity index (χ1) is 9.60. The van der Waals surface area contributed by atoms with Crippen LogP contribution in [0.15, 0.2) is 0 Å². The monoisotopic (exact) mass is 344 g/mol. The summed E-state index contributed by atoms with van der Waals surface area (Å²) in [6.45, 7) is -0.631. The maximum atomic E-state index is 13.3. The van der Waals surface area contributed by atoms with Gasteiger partial charge in [-0.05, 0) is 12.8 Å². The van der Waals surface area contributed by atoms with Crippen molar-refractivity contribution in [1.82, 2.24) is 0 Å². The average molecular weight is 344 g/mol. The van der Waals surface area contributed by atoms with E-state index in [2.05, 4.69) is 0 Å². The van der Waals surface area contributed by atoms with Gasteiger partial charge in [0.05, 0.1) is 6.67 Å². The van der Waals surface area contributed by atoms with Gasteiger partial charge in [0.15, 0.2) is 24.7 Å². The molecule has 0 heterocycles. The van der Waals surface area contributed by atoms with Gasteiger partial charge in [-0.1, -0.05) is 12.8 Å². The summed E-state index contributed by atoms with van der Waals surface area (Å²) in [6, 6.07) is 0. The molecule has 5 atom stereocenters. The Labute approximate surface area is 119 Å². The molecule has 0 aromatic carbocycles. The first-order valence-electron chi connectivity index (χ1n) is 6.31. The van der Waals surface area contributed by atoms with E-state index >= 15 is 0 Å². The standard InChI is InChI=1S/C11H18F6O3S/c12-5-3-1-2-4-7(13)9(15)11(17)10(16)8(14)6-21(18,19)20/h7-11H,1-6H2,(H,18,19,20). The van der Waals surface area contributed by atoms with E-state index in [1.807, 2.05) is 0 Å². The maximum absolute atomic E-state index is 13.3. The van der Waals surface area contributed by atoms with Crippen molar-refractivity contribution in [2.24, 2.45) is 0 Å². The van der Waals surface area contributed by atoms with Crippen molar-refractivity contribution in [2.75, 3.05) is 12.4 Å². The van der Waals surface area contributed by atoms with E-state index in [-0.39, 0.29) is 19.3 Å². The van der Waals surface area contributed by atoms with E-state index < -0.39 is 59.8 Å². The SMILES string of the molecule is O=S(=O)(O)CC(F)C(F)C(F)C(F)C(F)CCCCCF. The Morgan fingerprint density at radius 3 is 1.81 bits per heavy atom. The molecular formula is C11H18F6O3S. The highest BCUT2D eigenvalue weighted by Crippen LogP contribution is 2.24. The molecule has 128 valence electrons. The molecule has 10 heteroatoms. The van der Waals surface area contributed by atoms with Gasteiger partial charge in [0.25, 0.3) is 10.1 Å². The number of hydrogen-bond donors (Lipinski definition) is 1. The summed E-state index contributed by atoms with van der Waals surface area (Å²) < 4.78 is 107. The third-order valence-corrected chi connectivity index (χ3v) is 3.52. The summed E-state index contributed by atoms with van der Waals surface area (Å²) >= 11 is 0. The van der Waals surface area contributed by atoms with Gasteiger partial charge in [0.2, 0.25) is 0 Å². The quantitative estimate of drug-likeness (QED) is 0.356. The fourth-order valence-corrected chi connectivity index (χ4v) is 2.22. The number of alkyl halides is 6. The molecule has 3 nitrogen and oxygen atoms in total. The molecule has 5 unspecified atom stereocenters. The molecule has 0 radical (unpaired) electrons. The second-order valence-electron chi connectivity index (χ2n) is 4.65. The molecule has 0 saturated carbocycles. The van der Waals surface area contributed by atoms with Gasteiger partial charge in [0, 0.05) is 0 Å². The van der Waals surface area contributed by atoms with Crippen LogP contribution in [0.5, 0.6) is 0 Å². The Morgan fingerprint density at radius 2 is 1.33 bits per heavy atom. The van der Waals surface area contributed by atoms with Crippen molar-refractivity contribution < 1.29 is 39.3 Å². The molecule has 0 bridgehead atoms. The van der Waals surface area contributed by atoms with Crippen LogP contribution >= 0.6 is 0 Å². The van der Waals surface area contributed by atoms with Crippen molar-refractivity contribution in [2.45, 2.75) is 56.5 Å². The van der Waals surface area contributed by atoms with Crippen molar-refractivity contribution >= 4 is 10.1 Å². The fraction of sp³-hybridized carbons (Fsp3) is 1.00. The molecule has 1 N–H and O–H groups in total. The second kappa shape index (κ2) is 9.50. The minimum Gasteiger partial charge on any atom is -0.285 e. The van der Waals surface area contributed by atoms with Gasteiger partial charge < -0.3 is 0 Å². The molecule has 0 amide bonds. The number of hydrogen-bond acceptors (Lipinski definition) is 2. The zero-order chi connectivity index (χ0) is 16.6. The summed E-state index contributed by atoms with van der Waals surface area (Å²) in [4.78, 5) is 0. The minimum atomic E-state index is -4.90. The van der Waals surface area contributed by atoms with Gasteiger partial charge in [0.1, 0.15) is 11.9 Å². The highest BCUT2D eigenvalue weighted by Gasteiger charge is 2.41. The van der Waals surface area contributed by atoms with Crippen LogP contribution in [-0.4, -0.2) is 56.3 Å². The molecule has 0 aliphatic carbocycles.